The van der Waals surface area contributed by atoms with Crippen molar-refractivity contribution in [2.45, 2.75) is 13.1 Å². The summed E-state index contributed by atoms with van der Waals surface area (Å²) in [5, 5.41) is 21.9. The SMILES string of the molecule is CN(Cc1cc(Cl)cc(Cl)c1O)c1ccccc1N(C)Cc1cc(Cl)cc(Cl)c1O. The van der Waals surface area contributed by atoms with E-state index < -0.39 is 0 Å². The van der Waals surface area contributed by atoms with E-state index >= 15 is 0 Å². The van der Waals surface area contributed by atoms with Gasteiger partial charge in [-0.3, -0.25) is 0 Å². The Labute approximate surface area is 195 Å². The minimum Gasteiger partial charge on any atom is -0.506 e. The average molecular weight is 486 g/mol. The number of rotatable bonds is 6. The van der Waals surface area contributed by atoms with Crippen LogP contribution in [0.15, 0.2) is 48.5 Å². The van der Waals surface area contributed by atoms with E-state index in [0.717, 1.165) is 11.4 Å². The molecule has 0 radical (unpaired) electrons. The van der Waals surface area contributed by atoms with Crippen molar-refractivity contribution in [3.05, 3.63) is 79.7 Å². The van der Waals surface area contributed by atoms with Gasteiger partial charge in [0.15, 0.2) is 0 Å². The largest absolute Gasteiger partial charge is 0.506 e. The van der Waals surface area contributed by atoms with Crippen LogP contribution in [0.3, 0.4) is 0 Å². The first kappa shape index (κ1) is 22.7. The zero-order valence-corrected chi connectivity index (χ0v) is 19.4. The van der Waals surface area contributed by atoms with Crippen molar-refractivity contribution in [3.8, 4) is 11.5 Å². The highest BCUT2D eigenvalue weighted by molar-refractivity contribution is 6.36. The standard InChI is InChI=1S/C22H20Cl4N2O2/c1-27(11-13-7-15(23)9-17(25)21(13)29)19-5-3-4-6-20(19)28(2)12-14-8-16(24)10-18(26)22(14)30/h3-10,29-30H,11-12H2,1-2H3. The minimum absolute atomic E-state index is 0.0113. The predicted molar refractivity (Wildman–Crippen MR) is 127 cm³/mol. The Balaban J connectivity index is 1.89. The highest BCUT2D eigenvalue weighted by Crippen LogP contribution is 2.36. The lowest BCUT2D eigenvalue weighted by Gasteiger charge is -2.28. The second-order valence-corrected chi connectivity index (χ2v) is 8.68. The van der Waals surface area contributed by atoms with Crippen molar-refractivity contribution in [1.29, 1.82) is 0 Å². The van der Waals surface area contributed by atoms with E-state index in [0.29, 0.717) is 34.3 Å². The van der Waals surface area contributed by atoms with E-state index in [1.807, 2.05) is 48.2 Å². The van der Waals surface area contributed by atoms with Crippen molar-refractivity contribution in [2.24, 2.45) is 0 Å². The molecule has 0 atom stereocenters. The maximum atomic E-state index is 10.3. The van der Waals surface area contributed by atoms with Crippen molar-refractivity contribution in [3.63, 3.8) is 0 Å². The van der Waals surface area contributed by atoms with Crippen molar-refractivity contribution in [2.75, 3.05) is 23.9 Å². The third kappa shape index (κ3) is 5.01. The van der Waals surface area contributed by atoms with Crippen molar-refractivity contribution >= 4 is 57.8 Å². The lowest BCUT2D eigenvalue weighted by atomic mass is 10.1. The van der Waals surface area contributed by atoms with Crippen LogP contribution in [0.1, 0.15) is 11.1 Å². The molecule has 0 aromatic heterocycles. The van der Waals surface area contributed by atoms with Gasteiger partial charge in [0.05, 0.1) is 21.4 Å². The molecule has 0 spiro atoms. The van der Waals surface area contributed by atoms with Gasteiger partial charge in [-0.15, -0.1) is 0 Å². The number of halogens is 4. The zero-order chi connectivity index (χ0) is 22.0. The van der Waals surface area contributed by atoms with Gasteiger partial charge in [0.2, 0.25) is 0 Å². The molecule has 0 saturated carbocycles. The Morgan fingerprint density at radius 1 is 0.667 bits per heavy atom. The first-order valence-corrected chi connectivity index (χ1v) is 10.5. The first-order valence-electron chi connectivity index (χ1n) is 9.02. The summed E-state index contributed by atoms with van der Waals surface area (Å²) < 4.78 is 0. The van der Waals surface area contributed by atoms with E-state index in [1.54, 1.807) is 12.1 Å². The minimum atomic E-state index is 0.0113. The smallest absolute Gasteiger partial charge is 0.139 e. The Morgan fingerprint density at radius 3 is 1.40 bits per heavy atom. The molecule has 3 rings (SSSR count). The van der Waals surface area contributed by atoms with Crippen LogP contribution in [-0.4, -0.2) is 24.3 Å². The number of hydrogen-bond acceptors (Lipinski definition) is 4. The maximum absolute atomic E-state index is 10.3. The van der Waals surface area contributed by atoms with E-state index in [9.17, 15) is 10.2 Å². The van der Waals surface area contributed by atoms with Crippen LogP contribution in [0.4, 0.5) is 11.4 Å². The van der Waals surface area contributed by atoms with Gasteiger partial charge in [0.1, 0.15) is 11.5 Å². The van der Waals surface area contributed by atoms with Crippen molar-refractivity contribution < 1.29 is 10.2 Å². The molecular weight excluding hydrogens is 466 g/mol. The van der Waals surface area contributed by atoms with Gasteiger partial charge < -0.3 is 20.0 Å². The number of aromatic hydroxyl groups is 2. The zero-order valence-electron chi connectivity index (χ0n) is 16.3. The van der Waals surface area contributed by atoms with Gasteiger partial charge in [0.25, 0.3) is 0 Å². The lowest BCUT2D eigenvalue weighted by Crippen LogP contribution is -2.23. The fraction of sp³-hybridized carbons (Fsp3) is 0.182. The molecule has 4 nitrogen and oxygen atoms in total. The molecule has 3 aromatic rings. The molecule has 0 aliphatic heterocycles. The van der Waals surface area contributed by atoms with Gasteiger partial charge >= 0.3 is 0 Å². The fourth-order valence-corrected chi connectivity index (χ4v) is 4.34. The normalized spacial score (nSPS) is 10.9. The summed E-state index contributed by atoms with van der Waals surface area (Å²) in [5.74, 6) is 0.0227. The second-order valence-electron chi connectivity index (χ2n) is 6.99. The first-order chi connectivity index (χ1) is 14.2. The van der Waals surface area contributed by atoms with Crippen LogP contribution in [0, 0.1) is 0 Å². The molecule has 8 heteroatoms. The van der Waals surface area contributed by atoms with Crippen LogP contribution in [0.2, 0.25) is 20.1 Å². The molecule has 0 saturated heterocycles. The van der Waals surface area contributed by atoms with Crippen LogP contribution >= 0.6 is 46.4 Å². The second kappa shape index (κ2) is 9.44. The number of hydrogen-bond donors (Lipinski definition) is 2. The topological polar surface area (TPSA) is 46.9 Å². The molecular formula is C22H20Cl4N2O2. The summed E-state index contributed by atoms with van der Waals surface area (Å²) in [5.41, 5.74) is 3.07. The summed E-state index contributed by atoms with van der Waals surface area (Å²) in [6, 6.07) is 14.2. The highest BCUT2D eigenvalue weighted by Gasteiger charge is 2.17. The number of nitrogens with zero attached hydrogens (tertiary/aromatic N) is 2. The van der Waals surface area contributed by atoms with E-state index in [1.165, 1.54) is 12.1 Å². The summed E-state index contributed by atoms with van der Waals surface area (Å²) in [6.45, 7) is 0.788. The lowest BCUT2D eigenvalue weighted by molar-refractivity contribution is 0.467. The van der Waals surface area contributed by atoms with Crippen LogP contribution in [-0.2, 0) is 13.1 Å². The third-order valence-corrected chi connectivity index (χ3v) is 5.75. The van der Waals surface area contributed by atoms with Gasteiger partial charge in [-0.25, -0.2) is 0 Å². The Morgan fingerprint density at radius 2 is 1.03 bits per heavy atom. The Hall–Kier alpha value is -1.98. The van der Waals surface area contributed by atoms with Gasteiger partial charge in [-0.05, 0) is 36.4 Å². The van der Waals surface area contributed by atoms with Gasteiger partial charge in [-0.2, -0.15) is 0 Å². The van der Waals surface area contributed by atoms with Crippen LogP contribution < -0.4 is 9.80 Å². The number of phenolic OH excluding ortho intramolecular Hbond substituents is 2. The molecule has 0 heterocycles. The summed E-state index contributed by atoms with van der Waals surface area (Å²) in [4.78, 5) is 3.97. The molecule has 158 valence electrons. The van der Waals surface area contributed by atoms with E-state index in [-0.39, 0.29) is 21.5 Å². The van der Waals surface area contributed by atoms with Gasteiger partial charge in [0, 0.05) is 48.4 Å². The van der Waals surface area contributed by atoms with Gasteiger partial charge in [-0.1, -0.05) is 58.5 Å². The van der Waals surface area contributed by atoms with Crippen LogP contribution in [0.25, 0.3) is 0 Å². The molecule has 0 aliphatic rings. The van der Waals surface area contributed by atoms with E-state index in [2.05, 4.69) is 0 Å². The molecule has 2 N–H and O–H groups in total. The third-order valence-electron chi connectivity index (χ3n) is 4.73. The summed E-state index contributed by atoms with van der Waals surface area (Å²) in [6.07, 6.45) is 0. The number of phenols is 2. The van der Waals surface area contributed by atoms with Crippen molar-refractivity contribution in [1.82, 2.24) is 0 Å². The molecule has 0 aliphatic carbocycles. The number of benzene rings is 3. The fourth-order valence-electron chi connectivity index (χ4n) is 3.27. The summed E-state index contributed by atoms with van der Waals surface area (Å²) in [7, 11) is 3.82. The monoisotopic (exact) mass is 484 g/mol. The highest BCUT2D eigenvalue weighted by atomic mass is 35.5. The molecule has 3 aromatic carbocycles. The molecule has 0 bridgehead atoms. The average Bonchev–Trinajstić information content (AvgIpc) is 2.69. The molecule has 0 unspecified atom stereocenters. The Bertz CT molecular complexity index is 991. The molecule has 0 amide bonds. The van der Waals surface area contributed by atoms with E-state index in [4.69, 9.17) is 46.4 Å². The Kier molecular flexibility index (Phi) is 7.14. The number of anilines is 2. The quantitative estimate of drug-likeness (QED) is 0.395. The summed E-state index contributed by atoms with van der Waals surface area (Å²) >= 11 is 24.3. The number of para-hydroxylation sites is 2. The van der Waals surface area contributed by atoms with Crippen LogP contribution in [0.5, 0.6) is 11.5 Å². The molecule has 0 fully saturated rings. The molecule has 30 heavy (non-hydrogen) atoms. The maximum Gasteiger partial charge on any atom is 0.139 e. The predicted octanol–water partition coefficient (Wildman–Crippen LogP) is 6.98.